The van der Waals surface area contributed by atoms with Crippen LogP contribution < -0.4 is 0 Å². The first-order chi connectivity index (χ1) is 10.1. The van der Waals surface area contributed by atoms with Crippen LogP contribution in [0.25, 0.3) is 11.5 Å². The maximum absolute atomic E-state index is 10.9. The number of nitrogens with zero attached hydrogens (tertiary/aromatic N) is 4. The predicted octanol–water partition coefficient (Wildman–Crippen LogP) is 1.67. The Hall–Kier alpha value is -2.28. The molecule has 112 valence electrons. The van der Waals surface area contributed by atoms with Crippen LogP contribution in [-0.4, -0.2) is 44.2 Å². The molecule has 0 amide bonds. The molecule has 0 fully saturated rings. The highest BCUT2D eigenvalue weighted by Crippen LogP contribution is 2.13. The van der Waals surface area contributed by atoms with Crippen LogP contribution in [-0.2, 0) is 11.3 Å². The van der Waals surface area contributed by atoms with Gasteiger partial charge in [0.1, 0.15) is 5.69 Å². The summed E-state index contributed by atoms with van der Waals surface area (Å²) in [5, 5.41) is 12.9. The number of aromatic nitrogens is 3. The Kier molecular flexibility index (Phi) is 4.99. The highest BCUT2D eigenvalue weighted by atomic mass is 16.5. The van der Waals surface area contributed by atoms with E-state index in [1.807, 2.05) is 24.0 Å². The molecule has 0 radical (unpaired) electrons. The van der Waals surface area contributed by atoms with Crippen LogP contribution in [0.15, 0.2) is 28.9 Å². The van der Waals surface area contributed by atoms with Crippen LogP contribution in [0.5, 0.6) is 0 Å². The van der Waals surface area contributed by atoms with Crippen LogP contribution in [0.4, 0.5) is 0 Å². The van der Waals surface area contributed by atoms with Gasteiger partial charge in [0.2, 0.25) is 11.7 Å². The summed E-state index contributed by atoms with van der Waals surface area (Å²) < 4.78 is 5.20. The average Bonchev–Trinajstić information content (AvgIpc) is 2.95. The van der Waals surface area contributed by atoms with Crippen molar-refractivity contribution in [3.8, 4) is 11.5 Å². The Morgan fingerprint density at radius 3 is 2.90 bits per heavy atom. The lowest BCUT2D eigenvalue weighted by atomic mass is 10.1. The lowest BCUT2D eigenvalue weighted by molar-refractivity contribution is -0.141. The topological polar surface area (TPSA) is 92.4 Å². The van der Waals surface area contributed by atoms with E-state index in [2.05, 4.69) is 15.1 Å². The minimum Gasteiger partial charge on any atom is -0.481 e. The predicted molar refractivity (Wildman–Crippen MR) is 75.3 cm³/mol. The van der Waals surface area contributed by atoms with Crippen LogP contribution in [0.1, 0.15) is 19.7 Å². The van der Waals surface area contributed by atoms with Gasteiger partial charge in [-0.2, -0.15) is 4.98 Å². The number of carboxylic acids is 1. The average molecular weight is 290 g/mol. The van der Waals surface area contributed by atoms with E-state index in [9.17, 15) is 4.79 Å². The summed E-state index contributed by atoms with van der Waals surface area (Å²) in [6, 6.07) is 5.47. The number of carbonyl (C=O) groups is 1. The minimum atomic E-state index is -0.812. The van der Waals surface area contributed by atoms with Gasteiger partial charge in [-0.25, -0.2) is 0 Å². The second kappa shape index (κ2) is 6.94. The zero-order valence-corrected chi connectivity index (χ0v) is 12.1. The Morgan fingerprint density at radius 1 is 1.48 bits per heavy atom. The number of carboxylic acid groups (broad SMARTS) is 1. The summed E-state index contributed by atoms with van der Waals surface area (Å²) in [6.07, 6.45) is 1.66. The summed E-state index contributed by atoms with van der Waals surface area (Å²) in [5.41, 5.74) is 0.648. The van der Waals surface area contributed by atoms with Gasteiger partial charge in [0.15, 0.2) is 0 Å². The molecule has 1 unspecified atom stereocenters. The zero-order valence-electron chi connectivity index (χ0n) is 12.1. The standard InChI is InChI=1S/C14H18N4O3/c1-3-18(8-10(2)14(19)20)9-12-16-13(17-21-12)11-6-4-5-7-15-11/h4-7,10H,3,8-9H2,1-2H3,(H,19,20). The molecule has 0 saturated carbocycles. The summed E-state index contributed by atoms with van der Waals surface area (Å²) in [7, 11) is 0. The molecule has 21 heavy (non-hydrogen) atoms. The van der Waals surface area contributed by atoms with Crippen LogP contribution in [0.2, 0.25) is 0 Å². The molecule has 2 aromatic heterocycles. The molecule has 1 N–H and O–H groups in total. The van der Waals surface area contributed by atoms with Crippen LogP contribution in [0, 0.1) is 5.92 Å². The zero-order chi connectivity index (χ0) is 15.2. The summed E-state index contributed by atoms with van der Waals surface area (Å²) in [5.74, 6) is -0.362. The van der Waals surface area contributed by atoms with E-state index in [4.69, 9.17) is 9.63 Å². The lowest BCUT2D eigenvalue weighted by Gasteiger charge is -2.20. The Labute approximate surface area is 122 Å². The third-order valence-corrected chi connectivity index (χ3v) is 3.12. The third kappa shape index (κ3) is 4.09. The molecule has 7 heteroatoms. The molecule has 0 aromatic carbocycles. The number of hydrogen-bond acceptors (Lipinski definition) is 6. The van der Waals surface area contributed by atoms with E-state index in [0.29, 0.717) is 37.0 Å². The third-order valence-electron chi connectivity index (χ3n) is 3.12. The summed E-state index contributed by atoms with van der Waals surface area (Å²) in [4.78, 5) is 21.3. The molecular formula is C14H18N4O3. The SMILES string of the molecule is CCN(Cc1nc(-c2ccccn2)no1)CC(C)C(=O)O. The number of rotatable bonds is 7. The van der Waals surface area contributed by atoms with Gasteiger partial charge in [0, 0.05) is 12.7 Å². The fraction of sp³-hybridized carbons (Fsp3) is 0.429. The van der Waals surface area contributed by atoms with Crippen molar-refractivity contribution < 1.29 is 14.4 Å². The molecule has 0 saturated heterocycles. The van der Waals surface area contributed by atoms with Crippen molar-refractivity contribution in [1.82, 2.24) is 20.0 Å². The van der Waals surface area contributed by atoms with Crippen LogP contribution in [0.3, 0.4) is 0 Å². The maximum atomic E-state index is 10.9. The van der Waals surface area contributed by atoms with Crippen LogP contribution >= 0.6 is 0 Å². The number of hydrogen-bond donors (Lipinski definition) is 1. The smallest absolute Gasteiger partial charge is 0.307 e. The van der Waals surface area contributed by atoms with Gasteiger partial charge in [-0.3, -0.25) is 14.7 Å². The van der Waals surface area contributed by atoms with E-state index < -0.39 is 11.9 Å². The molecule has 0 bridgehead atoms. The number of pyridine rings is 1. The summed E-state index contributed by atoms with van der Waals surface area (Å²) >= 11 is 0. The van der Waals surface area contributed by atoms with Gasteiger partial charge in [-0.15, -0.1) is 0 Å². The van der Waals surface area contributed by atoms with E-state index in [1.165, 1.54) is 0 Å². The van der Waals surface area contributed by atoms with Crippen molar-refractivity contribution >= 4 is 5.97 Å². The first-order valence-electron chi connectivity index (χ1n) is 6.79. The Balaban J connectivity index is 2.02. The van der Waals surface area contributed by atoms with Gasteiger partial charge in [-0.1, -0.05) is 25.1 Å². The molecular weight excluding hydrogens is 272 g/mol. The monoisotopic (exact) mass is 290 g/mol. The van der Waals surface area contributed by atoms with Gasteiger partial charge in [-0.05, 0) is 18.7 Å². The van der Waals surface area contributed by atoms with E-state index in [-0.39, 0.29) is 0 Å². The highest BCUT2D eigenvalue weighted by molar-refractivity contribution is 5.69. The molecule has 0 aliphatic carbocycles. The first kappa shape index (κ1) is 15.1. The molecule has 2 aromatic rings. The van der Waals surface area contributed by atoms with Gasteiger partial charge in [0.05, 0.1) is 12.5 Å². The lowest BCUT2D eigenvalue weighted by Crippen LogP contribution is -2.31. The molecule has 0 spiro atoms. The Morgan fingerprint density at radius 2 is 2.29 bits per heavy atom. The minimum absolute atomic E-state index is 0.425. The van der Waals surface area contributed by atoms with Gasteiger partial charge < -0.3 is 9.63 Å². The second-order valence-corrected chi connectivity index (χ2v) is 4.79. The largest absolute Gasteiger partial charge is 0.481 e. The fourth-order valence-corrected chi connectivity index (χ4v) is 1.88. The maximum Gasteiger partial charge on any atom is 0.307 e. The van der Waals surface area contributed by atoms with Crippen molar-refractivity contribution in [3.05, 3.63) is 30.3 Å². The molecule has 2 rings (SSSR count). The van der Waals surface area contributed by atoms with Crippen molar-refractivity contribution in [2.24, 2.45) is 5.92 Å². The van der Waals surface area contributed by atoms with E-state index in [0.717, 1.165) is 0 Å². The molecule has 0 aliphatic heterocycles. The molecule has 1 atom stereocenters. The molecule has 0 aliphatic rings. The van der Waals surface area contributed by atoms with Gasteiger partial charge in [0.25, 0.3) is 0 Å². The second-order valence-electron chi connectivity index (χ2n) is 4.79. The fourth-order valence-electron chi connectivity index (χ4n) is 1.88. The van der Waals surface area contributed by atoms with Gasteiger partial charge >= 0.3 is 5.97 Å². The van der Waals surface area contributed by atoms with E-state index >= 15 is 0 Å². The Bertz CT molecular complexity index is 585. The van der Waals surface area contributed by atoms with Crippen molar-refractivity contribution in [2.45, 2.75) is 20.4 Å². The first-order valence-corrected chi connectivity index (χ1v) is 6.79. The number of aliphatic carboxylic acids is 1. The quantitative estimate of drug-likeness (QED) is 0.829. The summed E-state index contributed by atoms with van der Waals surface area (Å²) in [6.45, 7) is 5.21. The van der Waals surface area contributed by atoms with Crippen molar-refractivity contribution in [3.63, 3.8) is 0 Å². The van der Waals surface area contributed by atoms with Crippen molar-refractivity contribution in [1.29, 1.82) is 0 Å². The molecule has 7 nitrogen and oxygen atoms in total. The normalized spacial score (nSPS) is 12.5. The van der Waals surface area contributed by atoms with Crippen molar-refractivity contribution in [2.75, 3.05) is 13.1 Å². The highest BCUT2D eigenvalue weighted by Gasteiger charge is 2.18. The molecule has 2 heterocycles. The van der Waals surface area contributed by atoms with E-state index in [1.54, 1.807) is 19.2 Å².